The fraction of sp³-hybridized carbons (Fsp3) is 1.00. The van der Waals surface area contributed by atoms with Gasteiger partial charge >= 0.3 is 0 Å². The van der Waals surface area contributed by atoms with Crippen LogP contribution in [0, 0.1) is 5.92 Å². The average Bonchev–Trinajstić information content (AvgIpc) is 2.79. The van der Waals surface area contributed by atoms with Crippen molar-refractivity contribution in [3.05, 3.63) is 0 Å². The van der Waals surface area contributed by atoms with E-state index in [0.717, 1.165) is 12.5 Å². The van der Waals surface area contributed by atoms with Gasteiger partial charge in [0.15, 0.2) is 0 Å². The second-order valence-corrected chi connectivity index (χ2v) is 3.99. The van der Waals surface area contributed by atoms with Crippen LogP contribution in [0.25, 0.3) is 0 Å². The minimum Gasteiger partial charge on any atom is -0.392 e. The monoisotopic (exact) mass is 171 g/mol. The minimum absolute atomic E-state index is 0.205. The molecule has 0 saturated heterocycles. The third-order valence-electron chi connectivity index (χ3n) is 2.47. The van der Waals surface area contributed by atoms with Crippen LogP contribution in [-0.4, -0.2) is 23.8 Å². The highest BCUT2D eigenvalue weighted by molar-refractivity contribution is 4.86. The molecule has 2 atom stereocenters. The molecule has 1 fully saturated rings. The molecule has 0 aromatic heterocycles. The van der Waals surface area contributed by atoms with Gasteiger partial charge in [-0.05, 0) is 32.1 Å². The summed E-state index contributed by atoms with van der Waals surface area (Å²) in [5, 5.41) is 12.5. The van der Waals surface area contributed by atoms with Gasteiger partial charge in [0.2, 0.25) is 0 Å². The van der Waals surface area contributed by atoms with E-state index in [-0.39, 0.29) is 6.10 Å². The van der Waals surface area contributed by atoms with E-state index < -0.39 is 0 Å². The second kappa shape index (κ2) is 4.83. The van der Waals surface area contributed by atoms with Crippen LogP contribution in [0.4, 0.5) is 0 Å². The summed E-state index contributed by atoms with van der Waals surface area (Å²) in [5.74, 6) is 0.906. The molecule has 72 valence electrons. The number of hydrogen-bond donors (Lipinski definition) is 2. The van der Waals surface area contributed by atoms with E-state index in [1.807, 2.05) is 6.92 Å². The molecule has 0 bridgehead atoms. The molecular weight excluding hydrogens is 150 g/mol. The summed E-state index contributed by atoms with van der Waals surface area (Å²) in [7, 11) is 0. The Kier molecular flexibility index (Phi) is 4.02. The largest absolute Gasteiger partial charge is 0.392 e. The van der Waals surface area contributed by atoms with Gasteiger partial charge in [0.1, 0.15) is 0 Å². The Morgan fingerprint density at radius 2 is 2.17 bits per heavy atom. The van der Waals surface area contributed by atoms with Gasteiger partial charge in [-0.3, -0.25) is 0 Å². The first-order valence-electron chi connectivity index (χ1n) is 5.15. The zero-order chi connectivity index (χ0) is 8.97. The van der Waals surface area contributed by atoms with Crippen molar-refractivity contribution in [2.45, 2.75) is 51.7 Å². The average molecular weight is 171 g/mol. The number of rotatable bonds is 6. The number of hydrogen-bond acceptors (Lipinski definition) is 2. The van der Waals surface area contributed by atoms with Crippen LogP contribution >= 0.6 is 0 Å². The van der Waals surface area contributed by atoms with Gasteiger partial charge in [-0.25, -0.2) is 0 Å². The first-order valence-corrected chi connectivity index (χ1v) is 5.15. The lowest BCUT2D eigenvalue weighted by Gasteiger charge is -2.18. The van der Waals surface area contributed by atoms with Gasteiger partial charge in [-0.15, -0.1) is 0 Å². The molecule has 0 amide bonds. The Morgan fingerprint density at radius 1 is 1.50 bits per heavy atom. The highest BCUT2D eigenvalue weighted by Crippen LogP contribution is 2.34. The maximum absolute atomic E-state index is 9.11. The van der Waals surface area contributed by atoms with Crippen molar-refractivity contribution in [1.29, 1.82) is 0 Å². The fourth-order valence-electron chi connectivity index (χ4n) is 1.64. The van der Waals surface area contributed by atoms with Gasteiger partial charge in [0.05, 0.1) is 6.10 Å². The van der Waals surface area contributed by atoms with Crippen molar-refractivity contribution in [1.82, 2.24) is 5.32 Å². The SMILES string of the molecule is CCCC(NC[C@@H](C)O)C1CC1. The van der Waals surface area contributed by atoms with Gasteiger partial charge in [-0.1, -0.05) is 13.3 Å². The summed E-state index contributed by atoms with van der Waals surface area (Å²) in [6.45, 7) is 4.81. The Morgan fingerprint density at radius 3 is 2.58 bits per heavy atom. The van der Waals surface area contributed by atoms with E-state index in [2.05, 4.69) is 12.2 Å². The second-order valence-electron chi connectivity index (χ2n) is 3.99. The molecule has 12 heavy (non-hydrogen) atoms. The number of nitrogens with one attached hydrogen (secondary N) is 1. The molecule has 0 aliphatic heterocycles. The Balaban J connectivity index is 2.13. The predicted octanol–water partition coefficient (Wildman–Crippen LogP) is 1.54. The van der Waals surface area contributed by atoms with Crippen molar-refractivity contribution in [2.75, 3.05) is 6.54 Å². The topological polar surface area (TPSA) is 32.3 Å². The van der Waals surface area contributed by atoms with Crippen LogP contribution in [0.3, 0.4) is 0 Å². The first kappa shape index (κ1) is 10.0. The normalized spacial score (nSPS) is 22.2. The van der Waals surface area contributed by atoms with E-state index >= 15 is 0 Å². The standard InChI is InChI=1S/C10H21NO/c1-3-4-10(9-5-6-9)11-7-8(2)12/h8-12H,3-7H2,1-2H3/t8-,10?/m1/s1. The summed E-state index contributed by atoms with van der Waals surface area (Å²) >= 11 is 0. The molecule has 0 aromatic rings. The molecule has 1 aliphatic rings. The van der Waals surface area contributed by atoms with E-state index in [1.54, 1.807) is 0 Å². The van der Waals surface area contributed by atoms with Gasteiger partial charge in [0.25, 0.3) is 0 Å². The summed E-state index contributed by atoms with van der Waals surface area (Å²) < 4.78 is 0. The number of aliphatic hydroxyl groups excluding tert-OH is 1. The van der Waals surface area contributed by atoms with E-state index in [4.69, 9.17) is 5.11 Å². The molecule has 0 heterocycles. The van der Waals surface area contributed by atoms with E-state index in [9.17, 15) is 0 Å². The molecular formula is C10H21NO. The Bertz CT molecular complexity index is 121. The highest BCUT2D eigenvalue weighted by Gasteiger charge is 2.29. The van der Waals surface area contributed by atoms with Gasteiger partial charge < -0.3 is 10.4 Å². The zero-order valence-electron chi connectivity index (χ0n) is 8.21. The van der Waals surface area contributed by atoms with Crippen LogP contribution in [0.2, 0.25) is 0 Å². The molecule has 1 saturated carbocycles. The maximum Gasteiger partial charge on any atom is 0.0636 e. The third kappa shape index (κ3) is 3.55. The summed E-state index contributed by atoms with van der Waals surface area (Å²) in [4.78, 5) is 0. The van der Waals surface area contributed by atoms with Crippen molar-refractivity contribution in [3.8, 4) is 0 Å². The molecule has 0 spiro atoms. The van der Waals surface area contributed by atoms with Crippen LogP contribution in [0.5, 0.6) is 0 Å². The minimum atomic E-state index is -0.205. The molecule has 1 aliphatic carbocycles. The lowest BCUT2D eigenvalue weighted by atomic mass is 10.1. The van der Waals surface area contributed by atoms with Crippen LogP contribution in [0.15, 0.2) is 0 Å². The third-order valence-corrected chi connectivity index (χ3v) is 2.47. The number of aliphatic hydroxyl groups is 1. The summed E-state index contributed by atoms with van der Waals surface area (Å²) in [6.07, 6.45) is 5.07. The molecule has 2 nitrogen and oxygen atoms in total. The van der Waals surface area contributed by atoms with Crippen molar-refractivity contribution >= 4 is 0 Å². The van der Waals surface area contributed by atoms with Crippen molar-refractivity contribution in [3.63, 3.8) is 0 Å². The van der Waals surface area contributed by atoms with Gasteiger partial charge in [0, 0.05) is 12.6 Å². The zero-order valence-corrected chi connectivity index (χ0v) is 8.21. The molecule has 2 N–H and O–H groups in total. The fourth-order valence-corrected chi connectivity index (χ4v) is 1.64. The lowest BCUT2D eigenvalue weighted by Crippen LogP contribution is -2.35. The molecule has 2 heteroatoms. The maximum atomic E-state index is 9.11. The van der Waals surface area contributed by atoms with Crippen LogP contribution in [-0.2, 0) is 0 Å². The highest BCUT2D eigenvalue weighted by atomic mass is 16.3. The Labute approximate surface area is 75.4 Å². The van der Waals surface area contributed by atoms with E-state index in [0.29, 0.717) is 6.04 Å². The quantitative estimate of drug-likeness (QED) is 0.635. The molecule has 1 rings (SSSR count). The summed E-state index contributed by atoms with van der Waals surface area (Å²) in [5.41, 5.74) is 0. The molecule has 0 radical (unpaired) electrons. The van der Waals surface area contributed by atoms with E-state index in [1.165, 1.54) is 25.7 Å². The van der Waals surface area contributed by atoms with Crippen LogP contribution in [0.1, 0.15) is 39.5 Å². The predicted molar refractivity (Wildman–Crippen MR) is 51.1 cm³/mol. The first-order chi connectivity index (χ1) is 5.74. The van der Waals surface area contributed by atoms with Crippen LogP contribution < -0.4 is 5.32 Å². The molecule has 1 unspecified atom stereocenters. The van der Waals surface area contributed by atoms with Crippen molar-refractivity contribution < 1.29 is 5.11 Å². The smallest absolute Gasteiger partial charge is 0.0636 e. The Hall–Kier alpha value is -0.0800. The summed E-state index contributed by atoms with van der Waals surface area (Å²) in [6, 6.07) is 0.671. The molecule has 0 aromatic carbocycles. The lowest BCUT2D eigenvalue weighted by molar-refractivity contribution is 0.183. The van der Waals surface area contributed by atoms with Gasteiger partial charge in [-0.2, -0.15) is 0 Å². The van der Waals surface area contributed by atoms with Crippen molar-refractivity contribution in [2.24, 2.45) is 5.92 Å².